The predicted molar refractivity (Wildman–Crippen MR) is 93.5 cm³/mol. The first-order chi connectivity index (χ1) is 12.0. The molecule has 2 aromatic carbocycles. The second kappa shape index (κ2) is 6.64. The van der Waals surface area contributed by atoms with Crippen LogP contribution in [0.5, 0.6) is 5.75 Å². The summed E-state index contributed by atoms with van der Waals surface area (Å²) >= 11 is 0. The Morgan fingerprint density at radius 1 is 1.08 bits per heavy atom. The van der Waals surface area contributed by atoms with Gasteiger partial charge in [-0.15, -0.1) is 0 Å². The lowest BCUT2D eigenvalue weighted by atomic mass is 10.2. The molecule has 3 aromatic rings. The summed E-state index contributed by atoms with van der Waals surface area (Å²) in [5, 5.41) is 5.97. The number of carbonyl (C=O) groups excluding carboxylic acids is 2. The predicted octanol–water partition coefficient (Wildman–Crippen LogP) is 3.53. The largest absolute Gasteiger partial charge is 0.495 e. The Morgan fingerprint density at radius 2 is 1.88 bits per heavy atom. The maximum atomic E-state index is 13.3. The van der Waals surface area contributed by atoms with Crippen LogP contribution in [0.2, 0.25) is 0 Å². The Hall–Kier alpha value is -3.35. The number of ether oxygens (including phenoxy) is 1. The van der Waals surface area contributed by atoms with Crippen LogP contribution in [0.25, 0.3) is 10.9 Å². The second-order valence-corrected chi connectivity index (χ2v) is 5.46. The molecule has 25 heavy (non-hydrogen) atoms. The van der Waals surface area contributed by atoms with Gasteiger partial charge in [0.25, 0.3) is 5.91 Å². The summed E-state index contributed by atoms with van der Waals surface area (Å²) in [4.78, 5) is 26.6. The first kappa shape index (κ1) is 16.5. The van der Waals surface area contributed by atoms with Crippen LogP contribution in [-0.4, -0.2) is 23.9 Å². The fourth-order valence-corrected chi connectivity index (χ4v) is 2.50. The minimum absolute atomic E-state index is 0.222. The third kappa shape index (κ3) is 3.60. The van der Waals surface area contributed by atoms with Gasteiger partial charge in [0.05, 0.1) is 12.8 Å². The van der Waals surface area contributed by atoms with E-state index in [2.05, 4.69) is 15.6 Å². The third-order valence-corrected chi connectivity index (χ3v) is 3.60. The normalized spacial score (nSPS) is 10.5. The Morgan fingerprint density at radius 3 is 2.60 bits per heavy atom. The summed E-state index contributed by atoms with van der Waals surface area (Å²) in [6.07, 6.45) is 0. The molecule has 2 amide bonds. The van der Waals surface area contributed by atoms with Crippen LogP contribution in [0.1, 0.15) is 17.4 Å². The van der Waals surface area contributed by atoms with Crippen molar-refractivity contribution in [1.29, 1.82) is 0 Å². The Balaban J connectivity index is 1.89. The first-order valence-corrected chi connectivity index (χ1v) is 7.51. The highest BCUT2D eigenvalue weighted by molar-refractivity contribution is 6.07. The number of rotatable bonds is 4. The Kier molecular flexibility index (Phi) is 4.38. The van der Waals surface area contributed by atoms with Gasteiger partial charge in [-0.1, -0.05) is 0 Å². The fraction of sp³-hybridized carbons (Fsp3) is 0.111. The summed E-state index contributed by atoms with van der Waals surface area (Å²) in [6, 6.07) is 10.7. The average molecular weight is 341 g/mol. The van der Waals surface area contributed by atoms with E-state index in [4.69, 9.17) is 4.74 Å². The number of aromatic amines is 1. The molecule has 1 heterocycles. The van der Waals surface area contributed by atoms with Crippen LogP contribution >= 0.6 is 0 Å². The molecule has 128 valence electrons. The maximum absolute atomic E-state index is 13.3. The van der Waals surface area contributed by atoms with Gasteiger partial charge in [-0.25, -0.2) is 4.39 Å². The molecule has 0 saturated heterocycles. The SMILES string of the molecule is COc1ccc(NC(C)=O)cc1NC(=O)c1cc2cc(F)ccc2[nH]1. The van der Waals surface area contributed by atoms with Gasteiger partial charge in [-0.05, 0) is 42.5 Å². The molecule has 0 aliphatic carbocycles. The summed E-state index contributed by atoms with van der Waals surface area (Å²) in [5.74, 6) is -0.553. The zero-order valence-corrected chi connectivity index (χ0v) is 13.6. The number of anilines is 2. The highest BCUT2D eigenvalue weighted by atomic mass is 19.1. The third-order valence-electron chi connectivity index (χ3n) is 3.60. The zero-order valence-electron chi connectivity index (χ0n) is 13.6. The number of aromatic nitrogens is 1. The van der Waals surface area contributed by atoms with Gasteiger partial charge in [-0.3, -0.25) is 9.59 Å². The van der Waals surface area contributed by atoms with E-state index in [0.29, 0.717) is 28.0 Å². The molecule has 0 spiro atoms. The number of hydrogen-bond donors (Lipinski definition) is 3. The highest BCUT2D eigenvalue weighted by Crippen LogP contribution is 2.28. The molecule has 1 aromatic heterocycles. The van der Waals surface area contributed by atoms with Crippen LogP contribution < -0.4 is 15.4 Å². The minimum Gasteiger partial charge on any atom is -0.495 e. The molecule has 0 bridgehead atoms. The van der Waals surface area contributed by atoms with Crippen LogP contribution in [0.3, 0.4) is 0 Å². The van der Waals surface area contributed by atoms with Gasteiger partial charge in [0.15, 0.2) is 0 Å². The van der Waals surface area contributed by atoms with Crippen molar-refractivity contribution in [3.05, 3.63) is 54.0 Å². The van der Waals surface area contributed by atoms with Crippen molar-refractivity contribution in [2.24, 2.45) is 0 Å². The zero-order chi connectivity index (χ0) is 18.0. The van der Waals surface area contributed by atoms with Gasteiger partial charge in [0, 0.05) is 23.5 Å². The van der Waals surface area contributed by atoms with Crippen LogP contribution in [0.15, 0.2) is 42.5 Å². The number of fused-ring (bicyclic) bond motifs is 1. The molecule has 7 heteroatoms. The standard InChI is InChI=1S/C18H16FN3O3/c1-10(23)20-13-4-6-17(25-2)15(9-13)22-18(24)16-8-11-7-12(19)3-5-14(11)21-16/h3-9,21H,1-2H3,(H,20,23)(H,22,24). The van der Waals surface area contributed by atoms with Gasteiger partial charge in [0.2, 0.25) is 5.91 Å². The summed E-state index contributed by atoms with van der Waals surface area (Å²) in [6.45, 7) is 1.39. The van der Waals surface area contributed by atoms with E-state index in [1.54, 1.807) is 30.3 Å². The number of nitrogens with one attached hydrogen (secondary N) is 3. The van der Waals surface area contributed by atoms with E-state index >= 15 is 0 Å². The summed E-state index contributed by atoms with van der Waals surface area (Å²) in [5.41, 5.74) is 1.88. The van der Waals surface area contributed by atoms with Gasteiger partial charge < -0.3 is 20.4 Å². The number of halogens is 1. The summed E-state index contributed by atoms with van der Waals surface area (Å²) in [7, 11) is 1.48. The first-order valence-electron chi connectivity index (χ1n) is 7.51. The van der Waals surface area contributed by atoms with Crippen LogP contribution in [0, 0.1) is 5.82 Å². The number of methoxy groups -OCH3 is 1. The second-order valence-electron chi connectivity index (χ2n) is 5.46. The molecular weight excluding hydrogens is 325 g/mol. The molecule has 0 aliphatic heterocycles. The van der Waals surface area contributed by atoms with Crippen LogP contribution in [0.4, 0.5) is 15.8 Å². The Bertz CT molecular complexity index is 965. The number of carbonyl (C=O) groups is 2. The van der Waals surface area contributed by atoms with Crippen molar-refractivity contribution in [3.63, 3.8) is 0 Å². The molecule has 0 saturated carbocycles. The van der Waals surface area contributed by atoms with Gasteiger partial charge in [0.1, 0.15) is 17.3 Å². The molecule has 0 fully saturated rings. The molecule has 0 aliphatic rings. The monoisotopic (exact) mass is 341 g/mol. The lowest BCUT2D eigenvalue weighted by molar-refractivity contribution is -0.114. The van der Waals surface area contributed by atoms with Crippen molar-refractivity contribution in [2.75, 3.05) is 17.7 Å². The van der Waals surface area contributed by atoms with E-state index in [9.17, 15) is 14.0 Å². The minimum atomic E-state index is -0.408. The van der Waals surface area contributed by atoms with Crippen molar-refractivity contribution < 1.29 is 18.7 Å². The molecular formula is C18H16FN3O3. The Labute approximate surface area is 143 Å². The molecule has 3 rings (SSSR count). The summed E-state index contributed by atoms with van der Waals surface area (Å²) < 4.78 is 18.5. The number of H-pyrrole nitrogens is 1. The molecule has 0 atom stereocenters. The van der Waals surface area contributed by atoms with Crippen molar-refractivity contribution in [1.82, 2.24) is 4.98 Å². The number of hydrogen-bond acceptors (Lipinski definition) is 3. The molecule has 3 N–H and O–H groups in total. The van der Waals surface area contributed by atoms with E-state index in [-0.39, 0.29) is 17.4 Å². The highest BCUT2D eigenvalue weighted by Gasteiger charge is 2.13. The lowest BCUT2D eigenvalue weighted by Crippen LogP contribution is -2.14. The topological polar surface area (TPSA) is 83.2 Å². The quantitative estimate of drug-likeness (QED) is 0.679. The number of amides is 2. The van der Waals surface area contributed by atoms with E-state index in [0.717, 1.165) is 0 Å². The van der Waals surface area contributed by atoms with Gasteiger partial charge >= 0.3 is 0 Å². The average Bonchev–Trinajstić information content (AvgIpc) is 2.98. The van der Waals surface area contributed by atoms with Crippen molar-refractivity contribution in [3.8, 4) is 5.75 Å². The van der Waals surface area contributed by atoms with Crippen LogP contribution in [-0.2, 0) is 4.79 Å². The molecule has 6 nitrogen and oxygen atoms in total. The lowest BCUT2D eigenvalue weighted by Gasteiger charge is -2.12. The molecule has 0 radical (unpaired) electrons. The van der Waals surface area contributed by atoms with E-state index in [1.807, 2.05) is 0 Å². The fourth-order valence-electron chi connectivity index (χ4n) is 2.50. The smallest absolute Gasteiger partial charge is 0.272 e. The maximum Gasteiger partial charge on any atom is 0.272 e. The van der Waals surface area contributed by atoms with Gasteiger partial charge in [-0.2, -0.15) is 0 Å². The van der Waals surface area contributed by atoms with Crippen molar-refractivity contribution >= 4 is 34.1 Å². The van der Waals surface area contributed by atoms with E-state index < -0.39 is 5.91 Å². The molecule has 0 unspecified atom stereocenters. The van der Waals surface area contributed by atoms with Crippen molar-refractivity contribution in [2.45, 2.75) is 6.92 Å². The number of benzene rings is 2. The van der Waals surface area contributed by atoms with E-state index in [1.165, 1.54) is 26.2 Å².